The Balaban J connectivity index is 0. The predicted molar refractivity (Wildman–Crippen MR) is 25.9 cm³/mol. The van der Waals surface area contributed by atoms with Crippen LogP contribution in [0.1, 0.15) is 0 Å². The zero-order valence-electron chi connectivity index (χ0n) is 4.36. The molecule has 0 aliphatic carbocycles. The van der Waals surface area contributed by atoms with Gasteiger partial charge in [-0.3, -0.25) is 0 Å². The van der Waals surface area contributed by atoms with Gasteiger partial charge in [0.05, 0.1) is 0 Å². The maximum absolute atomic E-state index is 8.24. The maximum Gasteiger partial charge on any atom is 2.00 e. The van der Waals surface area contributed by atoms with Crippen molar-refractivity contribution in [1.82, 2.24) is 10.2 Å². The first-order valence-corrected chi connectivity index (χ1v) is 1.81. The van der Waals surface area contributed by atoms with Gasteiger partial charge in [-0.2, -0.15) is 6.20 Å². The van der Waals surface area contributed by atoms with E-state index in [1.54, 1.807) is 18.5 Å². The van der Waals surface area contributed by atoms with Crippen molar-refractivity contribution in [2.45, 2.75) is 0 Å². The Kier molecular flexibility index (Phi) is 12.6. The van der Waals surface area contributed by atoms with Gasteiger partial charge in [-0.1, -0.05) is 12.5 Å². The van der Waals surface area contributed by atoms with Crippen LogP contribution in [0.2, 0.25) is 0 Å². The standard InChI is InChI=1S/C3H3N2.CHO2.Mn/c1-2-4-5-3-1;2-1-3;/h1-3H;(H,2,3);/q2*-1;+2. The van der Waals surface area contributed by atoms with Crippen molar-refractivity contribution >= 4 is 6.47 Å². The molecule has 1 radical (unpaired) electrons. The molecule has 5 heteroatoms. The van der Waals surface area contributed by atoms with E-state index in [-0.39, 0.29) is 17.1 Å². The summed E-state index contributed by atoms with van der Waals surface area (Å²) in [6.45, 7) is 0.500. The molecule has 0 amide bonds. The van der Waals surface area contributed by atoms with Crippen molar-refractivity contribution < 1.29 is 27.0 Å². The molecule has 9 heavy (non-hydrogen) atoms. The van der Waals surface area contributed by atoms with Crippen LogP contribution in [0.25, 0.3) is 0 Å². The minimum Gasteiger partial charge on any atom is -0.665 e. The summed E-state index contributed by atoms with van der Waals surface area (Å²) in [5, 5.41) is 13.7. The second-order valence-electron chi connectivity index (χ2n) is 0.813. The molecule has 0 saturated carbocycles. The van der Waals surface area contributed by atoms with Gasteiger partial charge in [-0.15, -0.1) is 0 Å². The Hall–Kier alpha value is -0.801. The molecule has 0 aromatic carbocycles. The molecular formula is C4H4MnN2O2. The van der Waals surface area contributed by atoms with E-state index in [2.05, 4.69) is 10.2 Å². The van der Waals surface area contributed by atoms with Gasteiger partial charge in [0.15, 0.2) is 0 Å². The van der Waals surface area contributed by atoms with Crippen LogP contribution in [-0.2, 0) is 21.9 Å². The van der Waals surface area contributed by atoms with Gasteiger partial charge in [-0.05, 0) is 0 Å². The summed E-state index contributed by atoms with van der Waals surface area (Å²) in [7, 11) is 0. The van der Waals surface area contributed by atoms with E-state index in [9.17, 15) is 0 Å². The summed E-state index contributed by atoms with van der Waals surface area (Å²) < 4.78 is 0. The van der Waals surface area contributed by atoms with Gasteiger partial charge < -0.3 is 20.1 Å². The fraction of sp³-hybridized carbons (Fsp3) is 0. The Morgan fingerprint density at radius 3 is 2.33 bits per heavy atom. The van der Waals surface area contributed by atoms with Crippen LogP contribution >= 0.6 is 0 Å². The number of rotatable bonds is 0. The Morgan fingerprint density at radius 1 is 1.67 bits per heavy atom. The maximum atomic E-state index is 8.24. The second kappa shape index (κ2) is 10.2. The number of aliphatic hydroxyl groups excluding tert-OH is 1. The van der Waals surface area contributed by atoms with Crippen molar-refractivity contribution in [2.24, 2.45) is 0 Å². The minimum atomic E-state index is 0. The summed E-state index contributed by atoms with van der Waals surface area (Å²) in [6, 6.07) is 1.78. The molecule has 0 saturated heterocycles. The number of hydrogen-bond acceptors (Lipinski definition) is 2. The van der Waals surface area contributed by atoms with Gasteiger partial charge in [0.2, 0.25) is 0 Å². The predicted octanol–water partition coefficient (Wildman–Crippen LogP) is -0.352. The number of nitrogens with zero attached hydrogens (tertiary/aromatic N) is 2. The average molecular weight is 167 g/mol. The van der Waals surface area contributed by atoms with Crippen molar-refractivity contribution in [3.63, 3.8) is 0 Å². The van der Waals surface area contributed by atoms with E-state index >= 15 is 0 Å². The first-order chi connectivity index (χ1) is 3.91. The van der Waals surface area contributed by atoms with Crippen LogP contribution in [-0.4, -0.2) is 16.7 Å². The SMILES string of the molecule is O=[C-]O.[Mn+2].c1cn[n-]c1. The fourth-order valence-electron chi connectivity index (χ4n) is 0.192. The molecule has 0 bridgehead atoms. The molecule has 0 aliphatic rings. The van der Waals surface area contributed by atoms with Gasteiger partial charge >= 0.3 is 17.1 Å². The molecular weight excluding hydrogens is 163 g/mol. The normalized spacial score (nSPS) is 5.78. The largest absolute Gasteiger partial charge is 2.00 e. The van der Waals surface area contributed by atoms with Crippen molar-refractivity contribution in [3.8, 4) is 0 Å². The quantitative estimate of drug-likeness (QED) is 0.423. The summed E-state index contributed by atoms with van der Waals surface area (Å²) in [5.41, 5.74) is 0. The third-order valence-electron chi connectivity index (χ3n) is 0.372. The first-order valence-electron chi connectivity index (χ1n) is 1.81. The summed E-state index contributed by atoms with van der Waals surface area (Å²) >= 11 is 0. The third-order valence-corrected chi connectivity index (χ3v) is 0.372. The van der Waals surface area contributed by atoms with E-state index < -0.39 is 0 Å². The summed E-state index contributed by atoms with van der Waals surface area (Å²) in [6.07, 6.45) is 3.28. The van der Waals surface area contributed by atoms with Crippen LogP contribution < -0.4 is 5.10 Å². The molecule has 0 spiro atoms. The topological polar surface area (TPSA) is 64.3 Å². The van der Waals surface area contributed by atoms with Gasteiger partial charge in [0.1, 0.15) is 0 Å². The molecule has 1 heterocycles. The Bertz CT molecular complexity index is 103. The molecule has 0 fully saturated rings. The molecule has 1 rings (SSSR count). The van der Waals surface area contributed by atoms with Crippen LogP contribution in [0.4, 0.5) is 0 Å². The van der Waals surface area contributed by atoms with Crippen molar-refractivity contribution in [1.29, 1.82) is 0 Å². The Morgan fingerprint density at radius 2 is 2.22 bits per heavy atom. The molecule has 0 aliphatic heterocycles. The molecule has 49 valence electrons. The van der Waals surface area contributed by atoms with Crippen LogP contribution in [0.15, 0.2) is 18.5 Å². The zero-order chi connectivity index (χ0) is 6.24. The van der Waals surface area contributed by atoms with E-state index in [4.69, 9.17) is 9.90 Å². The van der Waals surface area contributed by atoms with Gasteiger partial charge in [0, 0.05) is 6.20 Å². The molecule has 0 unspecified atom stereocenters. The summed E-state index contributed by atoms with van der Waals surface area (Å²) in [4.78, 5) is 8.24. The van der Waals surface area contributed by atoms with Crippen molar-refractivity contribution in [3.05, 3.63) is 18.5 Å². The molecule has 1 N–H and O–H groups in total. The zero-order valence-corrected chi connectivity index (χ0v) is 5.54. The van der Waals surface area contributed by atoms with Crippen LogP contribution in [0.3, 0.4) is 0 Å². The van der Waals surface area contributed by atoms with E-state index in [1.165, 1.54) is 0 Å². The van der Waals surface area contributed by atoms with E-state index in [1.807, 2.05) is 0 Å². The molecule has 1 aromatic rings. The third kappa shape index (κ3) is 11.0. The fourth-order valence-corrected chi connectivity index (χ4v) is 0.192. The van der Waals surface area contributed by atoms with Crippen LogP contribution in [0, 0.1) is 0 Å². The van der Waals surface area contributed by atoms with Gasteiger partial charge in [0.25, 0.3) is 0 Å². The molecule has 4 nitrogen and oxygen atoms in total. The molecule has 0 atom stereocenters. The summed E-state index contributed by atoms with van der Waals surface area (Å²) in [5.74, 6) is 0. The van der Waals surface area contributed by atoms with Crippen molar-refractivity contribution in [2.75, 3.05) is 0 Å². The van der Waals surface area contributed by atoms with Gasteiger partial charge in [-0.25, -0.2) is 0 Å². The Labute approximate surface area is 62.8 Å². The average Bonchev–Trinajstić information content (AvgIpc) is 2.17. The smallest absolute Gasteiger partial charge is 0.665 e. The first kappa shape index (κ1) is 11.1. The number of aromatic nitrogens is 2. The van der Waals surface area contributed by atoms with Crippen LogP contribution in [0.5, 0.6) is 0 Å². The van der Waals surface area contributed by atoms with E-state index in [0.29, 0.717) is 6.47 Å². The van der Waals surface area contributed by atoms with E-state index in [0.717, 1.165) is 0 Å². The monoisotopic (exact) mass is 167 g/mol. The number of hydrogen-bond donors (Lipinski definition) is 1. The second-order valence-corrected chi connectivity index (χ2v) is 0.813. The minimum absolute atomic E-state index is 0. The molecule has 1 aromatic heterocycles.